The molecule has 0 unspecified atom stereocenters. The summed E-state index contributed by atoms with van der Waals surface area (Å²) in [4.78, 5) is 0. The molecule has 0 aromatic heterocycles. The third-order valence-electron chi connectivity index (χ3n) is 3.47. The smallest absolute Gasteiger partial charge is 0.0599 e. The minimum Gasteiger partial charge on any atom is -0.393 e. The molecule has 2 rings (SSSR count). The van der Waals surface area contributed by atoms with E-state index in [1.165, 1.54) is 19.3 Å². The lowest BCUT2D eigenvalue weighted by molar-refractivity contribution is 0.120. The SMILES string of the molecule is C=CC[C@@H]1C[C@H]2CC[C@@H]1[C@@H]2O. The van der Waals surface area contributed by atoms with Crippen LogP contribution in [0.1, 0.15) is 25.7 Å². The van der Waals surface area contributed by atoms with Crippen molar-refractivity contribution in [2.45, 2.75) is 31.8 Å². The van der Waals surface area contributed by atoms with E-state index >= 15 is 0 Å². The van der Waals surface area contributed by atoms with E-state index < -0.39 is 0 Å². The summed E-state index contributed by atoms with van der Waals surface area (Å²) in [5.74, 6) is 1.99. The van der Waals surface area contributed by atoms with Gasteiger partial charge in [0.05, 0.1) is 6.10 Å². The molecule has 2 aliphatic carbocycles. The summed E-state index contributed by atoms with van der Waals surface area (Å²) in [6.45, 7) is 3.75. The van der Waals surface area contributed by atoms with Crippen LogP contribution in [0.3, 0.4) is 0 Å². The van der Waals surface area contributed by atoms with Crippen molar-refractivity contribution in [3.8, 4) is 0 Å². The summed E-state index contributed by atoms with van der Waals surface area (Å²) in [5.41, 5.74) is 0. The van der Waals surface area contributed by atoms with Gasteiger partial charge in [0.2, 0.25) is 0 Å². The Morgan fingerprint density at radius 3 is 2.73 bits per heavy atom. The molecule has 0 spiro atoms. The lowest BCUT2D eigenvalue weighted by Crippen LogP contribution is -2.15. The van der Waals surface area contributed by atoms with Gasteiger partial charge in [-0.2, -0.15) is 0 Å². The van der Waals surface area contributed by atoms with Crippen molar-refractivity contribution < 1.29 is 5.11 Å². The molecule has 2 saturated carbocycles. The number of hydrogen-bond donors (Lipinski definition) is 1. The van der Waals surface area contributed by atoms with Crippen LogP contribution < -0.4 is 0 Å². The lowest BCUT2D eigenvalue weighted by Gasteiger charge is -2.19. The number of aliphatic hydroxyl groups excluding tert-OH is 1. The standard InChI is InChI=1S/C10H16O/c1-2-3-7-6-8-4-5-9(7)10(8)11/h2,7-11H,1,3-6H2/t7-,8-,9+,10-/m1/s1. The molecule has 0 radical (unpaired) electrons. The van der Waals surface area contributed by atoms with Crippen LogP contribution in [0.25, 0.3) is 0 Å². The molecule has 0 aromatic carbocycles. The van der Waals surface area contributed by atoms with Crippen molar-refractivity contribution >= 4 is 0 Å². The Hall–Kier alpha value is -0.300. The molecule has 2 bridgehead atoms. The van der Waals surface area contributed by atoms with E-state index in [0.717, 1.165) is 12.3 Å². The molecule has 2 aliphatic rings. The number of hydrogen-bond acceptors (Lipinski definition) is 1. The maximum atomic E-state index is 9.69. The third kappa shape index (κ3) is 1.02. The van der Waals surface area contributed by atoms with Crippen molar-refractivity contribution in [1.82, 2.24) is 0 Å². The quantitative estimate of drug-likeness (QED) is 0.600. The monoisotopic (exact) mass is 152 g/mol. The van der Waals surface area contributed by atoms with Crippen molar-refractivity contribution in [2.24, 2.45) is 17.8 Å². The van der Waals surface area contributed by atoms with Gasteiger partial charge in [-0.05, 0) is 43.4 Å². The molecule has 0 heterocycles. The van der Waals surface area contributed by atoms with Gasteiger partial charge in [0.15, 0.2) is 0 Å². The Labute approximate surface area is 68.1 Å². The molecule has 0 amide bonds. The Balaban J connectivity index is 2.02. The summed E-state index contributed by atoms with van der Waals surface area (Å²) in [7, 11) is 0. The normalized spacial score (nSPS) is 48.1. The molecule has 2 fully saturated rings. The lowest BCUT2D eigenvalue weighted by atomic mass is 9.86. The van der Waals surface area contributed by atoms with Gasteiger partial charge in [0.1, 0.15) is 0 Å². The number of rotatable bonds is 2. The fourth-order valence-corrected chi connectivity index (χ4v) is 2.92. The van der Waals surface area contributed by atoms with E-state index in [1.807, 2.05) is 6.08 Å². The van der Waals surface area contributed by atoms with E-state index in [1.54, 1.807) is 0 Å². The molecule has 1 nitrogen and oxygen atoms in total. The summed E-state index contributed by atoms with van der Waals surface area (Å²) < 4.78 is 0. The fourth-order valence-electron chi connectivity index (χ4n) is 2.92. The number of allylic oxidation sites excluding steroid dienone is 1. The van der Waals surface area contributed by atoms with Crippen molar-refractivity contribution in [1.29, 1.82) is 0 Å². The molecular weight excluding hydrogens is 136 g/mol. The zero-order valence-corrected chi connectivity index (χ0v) is 6.87. The van der Waals surface area contributed by atoms with Crippen LogP contribution in [-0.2, 0) is 0 Å². The van der Waals surface area contributed by atoms with E-state index in [9.17, 15) is 5.11 Å². The number of fused-ring (bicyclic) bond motifs is 2. The molecule has 1 N–H and O–H groups in total. The second-order valence-corrected chi connectivity index (χ2v) is 4.01. The summed E-state index contributed by atoms with van der Waals surface area (Å²) in [5, 5.41) is 9.69. The average molecular weight is 152 g/mol. The van der Waals surface area contributed by atoms with E-state index in [0.29, 0.717) is 11.8 Å². The van der Waals surface area contributed by atoms with Crippen LogP contribution in [-0.4, -0.2) is 11.2 Å². The zero-order chi connectivity index (χ0) is 7.84. The van der Waals surface area contributed by atoms with E-state index in [-0.39, 0.29) is 6.10 Å². The largest absolute Gasteiger partial charge is 0.393 e. The molecule has 4 atom stereocenters. The maximum Gasteiger partial charge on any atom is 0.0599 e. The molecule has 1 heteroatoms. The Kier molecular flexibility index (Phi) is 1.76. The van der Waals surface area contributed by atoms with Crippen molar-refractivity contribution in [3.63, 3.8) is 0 Å². The molecule has 11 heavy (non-hydrogen) atoms. The predicted molar refractivity (Wildman–Crippen MR) is 45.1 cm³/mol. The summed E-state index contributed by atoms with van der Waals surface area (Å²) in [6.07, 6.45) is 6.90. The van der Waals surface area contributed by atoms with Crippen molar-refractivity contribution in [3.05, 3.63) is 12.7 Å². The second-order valence-electron chi connectivity index (χ2n) is 4.01. The van der Waals surface area contributed by atoms with E-state index in [2.05, 4.69) is 6.58 Å². The van der Waals surface area contributed by atoms with Gasteiger partial charge in [-0.1, -0.05) is 6.08 Å². The second kappa shape index (κ2) is 2.63. The highest BCUT2D eigenvalue weighted by Crippen LogP contribution is 2.49. The Morgan fingerprint density at radius 1 is 1.45 bits per heavy atom. The first-order chi connectivity index (χ1) is 5.33. The van der Waals surface area contributed by atoms with Crippen LogP contribution >= 0.6 is 0 Å². The van der Waals surface area contributed by atoms with Gasteiger partial charge in [-0.25, -0.2) is 0 Å². The summed E-state index contributed by atoms with van der Waals surface area (Å²) >= 11 is 0. The Morgan fingerprint density at radius 2 is 2.27 bits per heavy atom. The van der Waals surface area contributed by atoms with Crippen LogP contribution in [0.15, 0.2) is 12.7 Å². The molecule has 0 saturated heterocycles. The third-order valence-corrected chi connectivity index (χ3v) is 3.47. The van der Waals surface area contributed by atoms with Gasteiger partial charge in [0.25, 0.3) is 0 Å². The van der Waals surface area contributed by atoms with Crippen LogP contribution in [0.4, 0.5) is 0 Å². The first kappa shape index (κ1) is 7.35. The van der Waals surface area contributed by atoms with Crippen LogP contribution in [0, 0.1) is 17.8 Å². The summed E-state index contributed by atoms with van der Waals surface area (Å²) in [6, 6.07) is 0. The van der Waals surface area contributed by atoms with E-state index in [4.69, 9.17) is 0 Å². The van der Waals surface area contributed by atoms with Gasteiger partial charge >= 0.3 is 0 Å². The fraction of sp³-hybridized carbons (Fsp3) is 0.800. The van der Waals surface area contributed by atoms with Gasteiger partial charge in [0, 0.05) is 0 Å². The van der Waals surface area contributed by atoms with Crippen LogP contribution in [0.5, 0.6) is 0 Å². The highest BCUT2D eigenvalue weighted by Gasteiger charge is 2.46. The zero-order valence-electron chi connectivity index (χ0n) is 6.87. The first-order valence-corrected chi connectivity index (χ1v) is 4.62. The van der Waals surface area contributed by atoms with Crippen molar-refractivity contribution in [2.75, 3.05) is 0 Å². The van der Waals surface area contributed by atoms with Gasteiger partial charge < -0.3 is 5.11 Å². The minimum atomic E-state index is 0.0277. The Bertz CT molecular complexity index is 164. The maximum absolute atomic E-state index is 9.69. The van der Waals surface area contributed by atoms with Gasteiger partial charge in [-0.15, -0.1) is 6.58 Å². The topological polar surface area (TPSA) is 20.2 Å². The minimum absolute atomic E-state index is 0.0277. The highest BCUT2D eigenvalue weighted by molar-refractivity contribution is 4.98. The van der Waals surface area contributed by atoms with Crippen LogP contribution in [0.2, 0.25) is 0 Å². The molecular formula is C10H16O. The van der Waals surface area contributed by atoms with Gasteiger partial charge in [-0.3, -0.25) is 0 Å². The average Bonchev–Trinajstić information content (AvgIpc) is 2.47. The predicted octanol–water partition coefficient (Wildman–Crippen LogP) is 1.97. The molecule has 62 valence electrons. The number of aliphatic hydroxyl groups is 1. The molecule has 0 aliphatic heterocycles. The first-order valence-electron chi connectivity index (χ1n) is 4.62. The highest BCUT2D eigenvalue weighted by atomic mass is 16.3. The molecule has 0 aromatic rings.